The quantitative estimate of drug-likeness (QED) is 0.271. The molecular formula is C32H20CuN8. The second-order valence-corrected chi connectivity index (χ2v) is 9.61. The van der Waals surface area contributed by atoms with Crippen LogP contribution in [0.2, 0.25) is 0 Å². The zero-order valence-electron chi connectivity index (χ0n) is 21.5. The number of benzene rings is 4. The van der Waals surface area contributed by atoms with Crippen LogP contribution in [-0.2, 0) is 23.6 Å². The molecule has 199 valence electrons. The first kappa shape index (κ1) is 24.9. The molecule has 0 unspecified atom stereocenters. The molecular weight excluding hydrogens is 560 g/mol. The summed E-state index contributed by atoms with van der Waals surface area (Å²) in [4.78, 5) is 34.1. The molecule has 0 fully saturated rings. The van der Waals surface area contributed by atoms with Crippen molar-refractivity contribution in [1.29, 1.82) is 0 Å². The van der Waals surface area contributed by atoms with Gasteiger partial charge in [0.15, 0.2) is 0 Å². The molecule has 41 heavy (non-hydrogen) atoms. The van der Waals surface area contributed by atoms with Crippen molar-refractivity contribution in [3.8, 4) is 0 Å². The Kier molecular flexibility index (Phi) is 5.96. The van der Waals surface area contributed by atoms with Crippen molar-refractivity contribution in [2.75, 3.05) is 0 Å². The van der Waals surface area contributed by atoms with Crippen LogP contribution in [0, 0.1) is 0 Å². The van der Waals surface area contributed by atoms with Crippen LogP contribution in [0.25, 0.3) is 21.5 Å². The Morgan fingerprint density at radius 1 is 0.512 bits per heavy atom. The summed E-state index contributed by atoms with van der Waals surface area (Å²) in [7, 11) is 0. The molecule has 4 aromatic carbocycles. The standard InChI is InChI=1S/C32H20N8.Cu/c33-26-19-10-2-1-9-18(19)17-34-27-20-11-3-4-12-21(20)29(36-27)38-31-24-15-7-8-16-25(24)32(40-31)39-30-23-14-6-5-13-22(23)28(35-26)37-30;/h1-16H,17H2,(H2-,33,34,35,36,38,39,40);/q-2;+2. The van der Waals surface area contributed by atoms with Crippen LogP contribution in [0.1, 0.15) is 22.3 Å². The summed E-state index contributed by atoms with van der Waals surface area (Å²) in [6, 6.07) is 31.7. The minimum atomic E-state index is 0. The number of fused-ring (bicyclic) bond motifs is 15. The molecule has 2 aliphatic rings. The average molecular weight is 580 g/mol. The van der Waals surface area contributed by atoms with E-state index >= 15 is 0 Å². The van der Waals surface area contributed by atoms with Crippen molar-refractivity contribution in [3.63, 3.8) is 0 Å². The maximum Gasteiger partial charge on any atom is 2.00 e. The van der Waals surface area contributed by atoms with Crippen LogP contribution in [0.4, 0.5) is 11.6 Å². The molecule has 2 N–H and O–H groups in total. The van der Waals surface area contributed by atoms with Gasteiger partial charge >= 0.3 is 17.1 Å². The molecule has 8 rings (SSSR count). The van der Waals surface area contributed by atoms with Gasteiger partial charge in [-0.1, -0.05) is 97.1 Å². The van der Waals surface area contributed by atoms with Crippen LogP contribution in [0.3, 0.4) is 0 Å². The number of aromatic nitrogens is 2. The Balaban J connectivity index is 0.00000276. The zero-order chi connectivity index (χ0) is 26.6. The van der Waals surface area contributed by atoms with E-state index in [0.717, 1.165) is 43.8 Å². The van der Waals surface area contributed by atoms with E-state index in [1.807, 2.05) is 97.1 Å². The normalized spacial score (nSPS) is 16.5. The molecule has 0 atom stereocenters. The summed E-state index contributed by atoms with van der Waals surface area (Å²) in [5.74, 6) is 2.49. The SMILES string of the molecule is N/C1=N\c2[n-]c(c3ccccc23)/N=C2\N=C(N=c3[n-]c(c4ccccc34)=NCc3ccccc31)c1ccccc12.[Cu+2]. The largest absolute Gasteiger partial charge is 2.00 e. The van der Waals surface area contributed by atoms with Crippen molar-refractivity contribution in [2.24, 2.45) is 30.7 Å². The fourth-order valence-corrected chi connectivity index (χ4v) is 5.27. The zero-order valence-corrected chi connectivity index (χ0v) is 22.4. The Hall–Kier alpha value is -5.11. The van der Waals surface area contributed by atoms with Gasteiger partial charge in [-0.2, -0.15) is 0 Å². The minimum Gasteiger partial charge on any atom is -0.396 e. The van der Waals surface area contributed by atoms with Crippen LogP contribution >= 0.6 is 0 Å². The molecule has 0 saturated heterocycles. The predicted molar refractivity (Wildman–Crippen MR) is 157 cm³/mol. The van der Waals surface area contributed by atoms with Crippen molar-refractivity contribution < 1.29 is 17.1 Å². The first-order valence-electron chi connectivity index (χ1n) is 12.9. The van der Waals surface area contributed by atoms with Crippen LogP contribution in [-0.4, -0.2) is 17.5 Å². The van der Waals surface area contributed by atoms with Gasteiger partial charge in [0, 0.05) is 45.8 Å². The van der Waals surface area contributed by atoms with Gasteiger partial charge in [-0.05, 0) is 27.1 Å². The van der Waals surface area contributed by atoms with E-state index in [1.54, 1.807) is 0 Å². The molecule has 1 radical (unpaired) electrons. The maximum absolute atomic E-state index is 6.61. The number of nitrogens with two attached hydrogens (primary N) is 1. The van der Waals surface area contributed by atoms with Crippen molar-refractivity contribution >= 4 is 50.7 Å². The van der Waals surface area contributed by atoms with Crippen LogP contribution in [0.15, 0.2) is 122 Å². The Labute approximate surface area is 244 Å². The molecule has 8 nitrogen and oxygen atoms in total. The summed E-state index contributed by atoms with van der Waals surface area (Å²) < 4.78 is 0. The molecule has 0 saturated carbocycles. The number of hydrogen-bond donors (Lipinski definition) is 1. The molecule has 2 aromatic heterocycles. The van der Waals surface area contributed by atoms with Gasteiger partial charge in [0.05, 0.1) is 17.5 Å². The summed E-state index contributed by atoms with van der Waals surface area (Å²) in [6.45, 7) is 0.379. The van der Waals surface area contributed by atoms with E-state index in [1.165, 1.54) is 0 Å². The summed E-state index contributed by atoms with van der Waals surface area (Å²) in [5, 5.41) is 3.58. The topological polar surface area (TPSA) is 116 Å². The van der Waals surface area contributed by atoms with Gasteiger partial charge in [0.1, 0.15) is 0 Å². The summed E-state index contributed by atoms with van der Waals surface area (Å²) in [5.41, 5.74) is 11.3. The number of hydrogen-bond acceptors (Lipinski definition) is 6. The van der Waals surface area contributed by atoms with Gasteiger partial charge < -0.3 is 35.7 Å². The smallest absolute Gasteiger partial charge is 0.396 e. The van der Waals surface area contributed by atoms with Gasteiger partial charge in [0.2, 0.25) is 0 Å². The molecule has 9 heteroatoms. The molecule has 0 aliphatic carbocycles. The minimum absolute atomic E-state index is 0. The van der Waals surface area contributed by atoms with Crippen molar-refractivity contribution in [3.05, 3.63) is 130 Å². The molecule has 6 bridgehead atoms. The van der Waals surface area contributed by atoms with Gasteiger partial charge in [-0.25, -0.2) is 4.99 Å². The van der Waals surface area contributed by atoms with E-state index in [4.69, 9.17) is 40.7 Å². The summed E-state index contributed by atoms with van der Waals surface area (Å²) >= 11 is 0. The molecule has 6 aromatic rings. The van der Waals surface area contributed by atoms with Crippen molar-refractivity contribution in [1.82, 2.24) is 9.97 Å². The fourth-order valence-electron chi connectivity index (χ4n) is 5.27. The Morgan fingerprint density at radius 2 is 1.05 bits per heavy atom. The Bertz CT molecular complexity index is 2210. The third kappa shape index (κ3) is 4.10. The average Bonchev–Trinajstić information content (AvgIpc) is 3.64. The van der Waals surface area contributed by atoms with Crippen molar-refractivity contribution in [2.45, 2.75) is 6.54 Å². The monoisotopic (exact) mass is 579 g/mol. The third-order valence-electron chi connectivity index (χ3n) is 7.20. The van der Waals surface area contributed by atoms with Gasteiger partial charge in [-0.3, -0.25) is 0 Å². The molecule has 2 aliphatic heterocycles. The van der Waals surface area contributed by atoms with Gasteiger partial charge in [0.25, 0.3) is 0 Å². The van der Waals surface area contributed by atoms with E-state index < -0.39 is 0 Å². The van der Waals surface area contributed by atoms with E-state index in [9.17, 15) is 0 Å². The van der Waals surface area contributed by atoms with Crippen LogP contribution < -0.4 is 26.7 Å². The number of nitrogens with zero attached hydrogens (tertiary/aromatic N) is 7. The second-order valence-electron chi connectivity index (χ2n) is 9.61. The number of aliphatic imine (C=N–C) groups is 3. The fraction of sp³-hybridized carbons (Fsp3) is 0.0312. The molecule has 0 spiro atoms. The third-order valence-corrected chi connectivity index (χ3v) is 7.20. The Morgan fingerprint density at radius 3 is 1.76 bits per heavy atom. The maximum atomic E-state index is 6.61. The second kappa shape index (κ2) is 9.82. The first-order chi connectivity index (χ1) is 19.7. The molecule has 4 heterocycles. The summed E-state index contributed by atoms with van der Waals surface area (Å²) in [6.07, 6.45) is 0. The van der Waals surface area contributed by atoms with E-state index in [-0.39, 0.29) is 17.1 Å². The predicted octanol–water partition coefficient (Wildman–Crippen LogP) is 4.23. The van der Waals surface area contributed by atoms with Crippen LogP contribution in [0.5, 0.6) is 0 Å². The number of rotatable bonds is 0. The first-order valence-corrected chi connectivity index (χ1v) is 12.9. The molecule has 0 amide bonds. The van der Waals surface area contributed by atoms with Gasteiger partial charge in [-0.15, -0.1) is 0 Å². The number of amidine groups is 3. The van der Waals surface area contributed by atoms with E-state index in [0.29, 0.717) is 46.7 Å². The van der Waals surface area contributed by atoms with E-state index in [2.05, 4.69) is 0 Å².